The first-order valence-electron chi connectivity index (χ1n) is 14.6. The molecule has 2 aromatic carbocycles. The van der Waals surface area contributed by atoms with Crippen molar-refractivity contribution in [2.75, 3.05) is 18.7 Å². The van der Waals surface area contributed by atoms with Crippen LogP contribution in [0, 0.1) is 5.82 Å². The van der Waals surface area contributed by atoms with Crippen molar-refractivity contribution in [1.29, 1.82) is 0 Å². The van der Waals surface area contributed by atoms with E-state index >= 15 is 4.39 Å². The van der Waals surface area contributed by atoms with Crippen molar-refractivity contribution in [3.8, 4) is 11.5 Å². The van der Waals surface area contributed by atoms with Crippen LogP contribution in [0.15, 0.2) is 48.8 Å². The number of halogens is 1. The van der Waals surface area contributed by atoms with Crippen LogP contribution in [0.2, 0.25) is 0 Å². The molecule has 3 rings (SSSR count). The molecule has 1 aromatic heterocycles. The van der Waals surface area contributed by atoms with Gasteiger partial charge in [0.25, 0.3) is 0 Å². The Morgan fingerprint density at radius 2 is 1.53 bits per heavy atom. The first-order chi connectivity index (χ1) is 21.0. The third kappa shape index (κ3) is 8.96. The lowest BCUT2D eigenvalue weighted by molar-refractivity contribution is -0.143. The molecule has 12 heteroatoms. The third-order valence-corrected chi connectivity index (χ3v) is 5.92. The Labute approximate surface area is 263 Å². The van der Waals surface area contributed by atoms with Crippen LogP contribution < -0.4 is 14.5 Å². The summed E-state index contributed by atoms with van der Waals surface area (Å²) in [6, 6.07) is 7.31. The maximum atomic E-state index is 15.6. The largest absolute Gasteiger partial charge is 0.490 e. The molecule has 0 saturated heterocycles. The van der Waals surface area contributed by atoms with E-state index in [-0.39, 0.29) is 29.3 Å². The van der Waals surface area contributed by atoms with Crippen LogP contribution in [-0.4, -0.2) is 59.2 Å². The highest BCUT2D eigenvalue weighted by Gasteiger charge is 2.43. The molecule has 0 aliphatic heterocycles. The van der Waals surface area contributed by atoms with Gasteiger partial charge in [-0.15, -0.1) is 5.01 Å². The highest BCUT2D eigenvalue weighted by Crippen LogP contribution is 2.38. The Kier molecular flexibility index (Phi) is 10.9. The number of carbonyl (C=O) groups is 3. The van der Waals surface area contributed by atoms with E-state index in [1.807, 2.05) is 13.8 Å². The predicted molar refractivity (Wildman–Crippen MR) is 167 cm³/mol. The zero-order valence-corrected chi connectivity index (χ0v) is 27.5. The number of methoxy groups -OCH3 is 1. The SMILES string of the molecule is CCOc1cc(C(C(=O)OC)N(c2cc(F)c3cnccc3c2)N(C(=O)OC(C)(C)C)C(=O)OC(C)(C)C)ccc1OC(C)C. The number of hydrogen-bond donors (Lipinski definition) is 0. The summed E-state index contributed by atoms with van der Waals surface area (Å²) < 4.78 is 43.8. The molecule has 0 aliphatic rings. The first kappa shape index (κ1) is 34.9. The second kappa shape index (κ2) is 14.0. The van der Waals surface area contributed by atoms with E-state index < -0.39 is 41.2 Å². The monoisotopic (exact) mass is 627 g/mol. The summed E-state index contributed by atoms with van der Waals surface area (Å²) in [6.45, 7) is 15.5. The fraction of sp³-hybridized carbons (Fsp3) is 0.455. The fourth-order valence-corrected chi connectivity index (χ4v) is 4.32. The average Bonchev–Trinajstić information content (AvgIpc) is 2.91. The number of fused-ring (bicyclic) bond motifs is 1. The smallest absolute Gasteiger partial charge is 0.439 e. The average molecular weight is 628 g/mol. The van der Waals surface area contributed by atoms with Gasteiger partial charge in [0.1, 0.15) is 17.0 Å². The molecule has 2 amide bonds. The number of anilines is 1. The van der Waals surface area contributed by atoms with Crippen LogP contribution in [0.1, 0.15) is 73.9 Å². The van der Waals surface area contributed by atoms with Crippen LogP contribution in [0.3, 0.4) is 0 Å². The van der Waals surface area contributed by atoms with Crippen molar-refractivity contribution in [3.63, 3.8) is 0 Å². The van der Waals surface area contributed by atoms with Crippen molar-refractivity contribution in [2.24, 2.45) is 0 Å². The summed E-state index contributed by atoms with van der Waals surface area (Å²) >= 11 is 0. The van der Waals surface area contributed by atoms with E-state index in [4.69, 9.17) is 23.7 Å². The molecule has 1 heterocycles. The quantitative estimate of drug-likeness (QED) is 0.135. The van der Waals surface area contributed by atoms with Gasteiger partial charge in [0.2, 0.25) is 0 Å². The number of carbonyl (C=O) groups excluding carboxylic acids is 3. The number of aromatic nitrogens is 1. The topological polar surface area (TPSA) is 117 Å². The van der Waals surface area contributed by atoms with E-state index in [1.165, 1.54) is 18.5 Å². The van der Waals surface area contributed by atoms with Gasteiger partial charge in [0.05, 0.1) is 25.5 Å². The molecule has 0 N–H and O–H groups in total. The number of hydrazine groups is 1. The fourth-order valence-electron chi connectivity index (χ4n) is 4.32. The molecule has 45 heavy (non-hydrogen) atoms. The summed E-state index contributed by atoms with van der Waals surface area (Å²) in [4.78, 5) is 45.5. The zero-order valence-electron chi connectivity index (χ0n) is 27.5. The van der Waals surface area contributed by atoms with E-state index in [2.05, 4.69) is 4.98 Å². The summed E-state index contributed by atoms with van der Waals surface area (Å²) in [7, 11) is 1.16. The zero-order chi connectivity index (χ0) is 33.7. The van der Waals surface area contributed by atoms with Crippen LogP contribution in [0.5, 0.6) is 11.5 Å². The number of imide groups is 1. The highest BCUT2D eigenvalue weighted by atomic mass is 19.1. The first-order valence-corrected chi connectivity index (χ1v) is 14.6. The van der Waals surface area contributed by atoms with Gasteiger partial charge in [0.15, 0.2) is 17.5 Å². The third-order valence-electron chi connectivity index (χ3n) is 5.92. The Hall–Kier alpha value is -4.61. The maximum Gasteiger partial charge on any atom is 0.439 e. The molecule has 1 unspecified atom stereocenters. The van der Waals surface area contributed by atoms with Gasteiger partial charge in [-0.25, -0.2) is 18.8 Å². The number of benzene rings is 2. The Balaban J connectivity index is 2.42. The van der Waals surface area contributed by atoms with Gasteiger partial charge in [-0.05, 0) is 104 Å². The standard InChI is InChI=1S/C33H42FN3O8/c1-11-42-27-17-22(12-13-26(27)43-20(2)3)28(29(38)41-10)36(23-16-21-14-15-35-19-24(21)25(34)18-23)37(30(39)44-32(4,5)6)31(40)45-33(7,8)9/h12-20,28H,11H2,1-10H3. The Morgan fingerprint density at radius 1 is 0.911 bits per heavy atom. The van der Waals surface area contributed by atoms with E-state index in [0.29, 0.717) is 21.9 Å². The van der Waals surface area contributed by atoms with Crippen LogP contribution in [0.25, 0.3) is 10.8 Å². The van der Waals surface area contributed by atoms with Gasteiger partial charge >= 0.3 is 18.2 Å². The number of hydrogen-bond acceptors (Lipinski definition) is 10. The molecule has 3 aromatic rings. The normalized spacial score (nSPS) is 12.4. The molecule has 244 valence electrons. The van der Waals surface area contributed by atoms with Gasteiger partial charge in [-0.3, -0.25) is 9.99 Å². The van der Waals surface area contributed by atoms with Crippen molar-refractivity contribution in [3.05, 3.63) is 60.2 Å². The molecule has 0 spiro atoms. The lowest BCUT2D eigenvalue weighted by Crippen LogP contribution is -2.56. The molecule has 1 atom stereocenters. The molecular weight excluding hydrogens is 585 g/mol. The number of rotatable bonds is 9. The van der Waals surface area contributed by atoms with Gasteiger partial charge in [0, 0.05) is 17.8 Å². The summed E-state index contributed by atoms with van der Waals surface area (Å²) in [5, 5.41) is 2.12. The van der Waals surface area contributed by atoms with Gasteiger partial charge in [-0.1, -0.05) is 6.07 Å². The lowest BCUT2D eigenvalue weighted by Gasteiger charge is -2.40. The second-order valence-electron chi connectivity index (χ2n) is 12.4. The summed E-state index contributed by atoms with van der Waals surface area (Å²) in [5.41, 5.74) is -1.96. The summed E-state index contributed by atoms with van der Waals surface area (Å²) in [6.07, 6.45) is 0.275. The Bertz CT molecular complexity index is 1500. The van der Waals surface area contributed by atoms with Crippen LogP contribution in [0.4, 0.5) is 19.7 Å². The van der Waals surface area contributed by atoms with E-state index in [1.54, 1.807) is 72.7 Å². The van der Waals surface area contributed by atoms with E-state index in [9.17, 15) is 14.4 Å². The number of amides is 2. The number of ether oxygens (including phenoxy) is 5. The lowest BCUT2D eigenvalue weighted by atomic mass is 10.0. The van der Waals surface area contributed by atoms with E-state index in [0.717, 1.165) is 18.2 Å². The minimum atomic E-state index is -1.55. The van der Waals surface area contributed by atoms with Crippen molar-refractivity contribution >= 4 is 34.6 Å². The number of esters is 1. The van der Waals surface area contributed by atoms with Crippen molar-refractivity contribution < 1.29 is 42.5 Å². The number of pyridine rings is 1. The van der Waals surface area contributed by atoms with Gasteiger partial charge in [-0.2, -0.15) is 0 Å². The number of nitrogens with zero attached hydrogens (tertiary/aromatic N) is 3. The minimum absolute atomic E-state index is 0.0567. The maximum absolute atomic E-state index is 15.6. The van der Waals surface area contributed by atoms with Crippen LogP contribution >= 0.6 is 0 Å². The molecule has 11 nitrogen and oxygen atoms in total. The highest BCUT2D eigenvalue weighted by molar-refractivity contribution is 5.95. The molecule has 0 saturated carbocycles. The second-order valence-corrected chi connectivity index (χ2v) is 12.4. The molecule has 0 fully saturated rings. The van der Waals surface area contributed by atoms with Crippen LogP contribution in [-0.2, 0) is 19.0 Å². The Morgan fingerprint density at radius 3 is 2.07 bits per heavy atom. The molecule has 0 bridgehead atoms. The van der Waals surface area contributed by atoms with Crippen molar-refractivity contribution in [1.82, 2.24) is 9.99 Å². The summed E-state index contributed by atoms with van der Waals surface area (Å²) in [5.74, 6) is -0.892. The predicted octanol–water partition coefficient (Wildman–Crippen LogP) is 7.37. The minimum Gasteiger partial charge on any atom is -0.490 e. The van der Waals surface area contributed by atoms with Crippen molar-refractivity contribution in [2.45, 2.75) is 85.7 Å². The molecular formula is C33H42FN3O8. The molecule has 0 radical (unpaired) electrons. The molecule has 0 aliphatic carbocycles. The van der Waals surface area contributed by atoms with Gasteiger partial charge < -0.3 is 23.7 Å².